The summed E-state index contributed by atoms with van der Waals surface area (Å²) in [6, 6.07) is 8.35. The normalized spacial score (nSPS) is 30.1. The van der Waals surface area contributed by atoms with Crippen LogP contribution in [-0.2, 0) is 18.3 Å². The zero-order valence-corrected chi connectivity index (χ0v) is 16.6. The highest BCUT2D eigenvalue weighted by Gasteiger charge is 2.52. The molecule has 1 aromatic carbocycles. The van der Waals surface area contributed by atoms with Crippen LogP contribution < -0.4 is 10.6 Å². The smallest absolute Gasteiger partial charge is 0.386 e. The van der Waals surface area contributed by atoms with Gasteiger partial charge in [-0.25, -0.2) is 24.3 Å². The van der Waals surface area contributed by atoms with E-state index in [0.29, 0.717) is 5.69 Å². The second-order valence-corrected chi connectivity index (χ2v) is 8.29. The second-order valence-electron chi connectivity index (χ2n) is 6.88. The van der Waals surface area contributed by atoms with Gasteiger partial charge in [0.05, 0.1) is 12.9 Å². The van der Waals surface area contributed by atoms with E-state index in [4.69, 9.17) is 13.8 Å². The van der Waals surface area contributed by atoms with Crippen LogP contribution in [0.5, 0.6) is 0 Å². The lowest BCUT2D eigenvalue weighted by molar-refractivity contribution is -0.0664. The fraction of sp³-hybridized carbons (Fsp3) is 0.294. The largest absolute Gasteiger partial charge is 0.472 e. The number of hydrogen-bond donors (Lipinski definition) is 4. The molecule has 4 heterocycles. The van der Waals surface area contributed by atoms with Crippen molar-refractivity contribution < 1.29 is 33.1 Å². The summed E-state index contributed by atoms with van der Waals surface area (Å²) in [4.78, 5) is 34.3. The maximum Gasteiger partial charge on any atom is 0.472 e. The quantitative estimate of drug-likeness (QED) is 0.428. The number of rotatable bonds is 3. The fourth-order valence-corrected chi connectivity index (χ4v) is 4.45. The number of para-hydroxylation sites is 1. The Morgan fingerprint density at radius 1 is 1.19 bits per heavy atom. The van der Waals surface area contributed by atoms with E-state index in [9.17, 15) is 19.4 Å². The Hall–Kier alpha value is -2.93. The predicted molar refractivity (Wildman–Crippen MR) is 105 cm³/mol. The van der Waals surface area contributed by atoms with Gasteiger partial charge in [0.15, 0.2) is 23.2 Å². The van der Waals surface area contributed by atoms with E-state index >= 15 is 0 Å². The lowest BCUT2D eigenvalue weighted by atomic mass is 10.1. The number of urea groups is 1. The average molecular weight is 448 g/mol. The highest BCUT2D eigenvalue weighted by Crippen LogP contribution is 2.52. The van der Waals surface area contributed by atoms with Crippen LogP contribution in [0.25, 0.3) is 11.2 Å². The third-order valence-corrected chi connectivity index (χ3v) is 5.85. The van der Waals surface area contributed by atoms with Crippen molar-refractivity contribution in [3.8, 4) is 0 Å². The number of carbonyl (C=O) groups is 1. The van der Waals surface area contributed by atoms with Crippen LogP contribution in [0, 0.1) is 0 Å². The van der Waals surface area contributed by atoms with E-state index < -0.39 is 38.4 Å². The van der Waals surface area contributed by atoms with E-state index in [2.05, 4.69) is 25.6 Å². The van der Waals surface area contributed by atoms with Crippen LogP contribution >= 0.6 is 7.82 Å². The Kier molecular flexibility index (Phi) is 4.93. The fourth-order valence-electron chi connectivity index (χ4n) is 3.49. The van der Waals surface area contributed by atoms with Gasteiger partial charge >= 0.3 is 13.9 Å². The molecule has 2 aliphatic rings. The molecule has 31 heavy (non-hydrogen) atoms. The Bertz CT molecular complexity index is 1170. The van der Waals surface area contributed by atoms with E-state index in [-0.39, 0.29) is 23.6 Å². The summed E-state index contributed by atoms with van der Waals surface area (Å²) >= 11 is 0. The van der Waals surface area contributed by atoms with Crippen molar-refractivity contribution in [2.45, 2.75) is 24.5 Å². The monoisotopic (exact) mass is 448 g/mol. The minimum absolute atomic E-state index is 0.154. The molecule has 0 saturated carbocycles. The van der Waals surface area contributed by atoms with Crippen LogP contribution in [0.1, 0.15) is 6.23 Å². The molecule has 13 nitrogen and oxygen atoms in total. The van der Waals surface area contributed by atoms with Gasteiger partial charge in [-0.2, -0.15) is 0 Å². The molecule has 5 atom stereocenters. The molecule has 5 rings (SSSR count). The molecule has 0 radical (unpaired) electrons. The molecular weight excluding hydrogens is 431 g/mol. The van der Waals surface area contributed by atoms with Gasteiger partial charge in [-0.05, 0) is 12.1 Å². The molecule has 162 valence electrons. The number of imidazole rings is 1. The van der Waals surface area contributed by atoms with E-state index in [1.807, 2.05) is 6.07 Å². The summed E-state index contributed by atoms with van der Waals surface area (Å²) in [5.74, 6) is 0.154. The van der Waals surface area contributed by atoms with Crippen molar-refractivity contribution in [3.63, 3.8) is 0 Å². The van der Waals surface area contributed by atoms with Gasteiger partial charge in [-0.3, -0.25) is 18.9 Å². The molecule has 0 aliphatic carbocycles. The van der Waals surface area contributed by atoms with Crippen LogP contribution in [0.3, 0.4) is 0 Å². The molecule has 2 aromatic heterocycles. The number of aliphatic hydroxyl groups is 1. The van der Waals surface area contributed by atoms with Crippen molar-refractivity contribution in [3.05, 3.63) is 43.0 Å². The number of nitrogens with zero attached hydrogens (tertiary/aromatic N) is 4. The first kappa shape index (κ1) is 20.0. The number of amides is 2. The summed E-state index contributed by atoms with van der Waals surface area (Å²) in [5, 5.41) is 15.9. The number of hydrogen-bond acceptors (Lipinski definition) is 9. The zero-order chi connectivity index (χ0) is 21.6. The van der Waals surface area contributed by atoms with Crippen LogP contribution in [0.15, 0.2) is 43.0 Å². The van der Waals surface area contributed by atoms with Gasteiger partial charge in [-0.15, -0.1) is 0 Å². The van der Waals surface area contributed by atoms with Gasteiger partial charge in [-0.1, -0.05) is 18.2 Å². The summed E-state index contributed by atoms with van der Waals surface area (Å²) in [5.41, 5.74) is 1.14. The van der Waals surface area contributed by atoms with Crippen LogP contribution in [0.2, 0.25) is 0 Å². The first-order valence-corrected chi connectivity index (χ1v) is 10.7. The SMILES string of the molecule is O=C(Nc1ccccc1)Nc1ncnc2c1ncn2C1OC2COP(=O)(O)OC2C1O. The molecule has 2 aliphatic heterocycles. The first-order valence-electron chi connectivity index (χ1n) is 9.21. The number of fused-ring (bicyclic) bond motifs is 2. The number of carbonyl (C=O) groups excluding carboxylic acids is 1. The number of phosphoric ester groups is 1. The molecule has 4 N–H and O–H groups in total. The summed E-state index contributed by atoms with van der Waals surface area (Å²) in [6.07, 6.45) is -1.48. The molecule has 5 unspecified atom stereocenters. The lowest BCUT2D eigenvalue weighted by Crippen LogP contribution is -2.39. The number of aromatic nitrogens is 4. The number of ether oxygens (including phenoxy) is 1. The predicted octanol–water partition coefficient (Wildman–Crippen LogP) is 1.24. The molecule has 0 bridgehead atoms. The highest BCUT2D eigenvalue weighted by molar-refractivity contribution is 7.47. The Morgan fingerprint density at radius 2 is 2.00 bits per heavy atom. The topological polar surface area (TPSA) is 170 Å². The second kappa shape index (κ2) is 7.64. The van der Waals surface area contributed by atoms with Gasteiger partial charge in [0.1, 0.15) is 24.6 Å². The number of phosphoric acid groups is 1. The Morgan fingerprint density at radius 3 is 2.81 bits per heavy atom. The molecule has 14 heteroatoms. The van der Waals surface area contributed by atoms with E-state index in [1.54, 1.807) is 24.3 Å². The van der Waals surface area contributed by atoms with Gasteiger partial charge in [0.2, 0.25) is 0 Å². The standard InChI is InChI=1S/C17H17N6O7P/c24-12-13-10(6-28-31(26,27)30-13)29-16(12)23-8-20-11-14(18-7-19-15(11)23)22-17(25)21-9-4-2-1-3-5-9/h1-5,7-8,10,12-13,16,24H,6H2,(H,26,27)(H2,18,19,21,22,25). The Balaban J connectivity index is 1.38. The highest BCUT2D eigenvalue weighted by atomic mass is 31.2. The lowest BCUT2D eigenvalue weighted by Gasteiger charge is -2.27. The molecule has 2 amide bonds. The average Bonchev–Trinajstić information content (AvgIpc) is 3.30. The molecular formula is C17H17N6O7P. The molecule has 3 aromatic rings. The maximum absolute atomic E-state index is 12.3. The molecule has 0 spiro atoms. The van der Waals surface area contributed by atoms with Crippen LogP contribution in [0.4, 0.5) is 16.3 Å². The number of anilines is 2. The minimum atomic E-state index is -4.24. The number of nitrogens with one attached hydrogen (secondary N) is 2. The van der Waals surface area contributed by atoms with E-state index in [0.717, 1.165) is 0 Å². The van der Waals surface area contributed by atoms with Crippen molar-refractivity contribution in [2.24, 2.45) is 0 Å². The van der Waals surface area contributed by atoms with Crippen molar-refractivity contribution >= 4 is 36.5 Å². The maximum atomic E-state index is 12.3. The summed E-state index contributed by atoms with van der Waals surface area (Å²) in [6.45, 7) is -0.208. The van der Waals surface area contributed by atoms with Gasteiger partial charge in [0, 0.05) is 5.69 Å². The van der Waals surface area contributed by atoms with E-state index in [1.165, 1.54) is 17.2 Å². The van der Waals surface area contributed by atoms with Crippen molar-refractivity contribution in [2.75, 3.05) is 17.2 Å². The van der Waals surface area contributed by atoms with Gasteiger partial charge in [0.25, 0.3) is 0 Å². The van der Waals surface area contributed by atoms with Crippen molar-refractivity contribution in [1.29, 1.82) is 0 Å². The Labute approximate surface area is 174 Å². The summed E-state index contributed by atoms with van der Waals surface area (Å²) < 4.78 is 28.6. The minimum Gasteiger partial charge on any atom is -0.386 e. The molecule has 2 fully saturated rings. The number of benzene rings is 1. The third kappa shape index (κ3) is 3.78. The van der Waals surface area contributed by atoms with Crippen molar-refractivity contribution in [1.82, 2.24) is 19.5 Å². The van der Waals surface area contributed by atoms with Gasteiger partial charge < -0.3 is 20.1 Å². The number of aliphatic hydroxyl groups excluding tert-OH is 1. The first-order chi connectivity index (χ1) is 14.9. The summed E-state index contributed by atoms with van der Waals surface area (Å²) in [7, 11) is -4.24. The zero-order valence-electron chi connectivity index (χ0n) is 15.7. The molecule has 2 saturated heterocycles. The van der Waals surface area contributed by atoms with Crippen LogP contribution in [-0.4, -0.2) is 60.5 Å². The third-order valence-electron chi connectivity index (χ3n) is 4.86.